The van der Waals surface area contributed by atoms with Crippen LogP contribution in [-0.4, -0.2) is 46.3 Å². The summed E-state index contributed by atoms with van der Waals surface area (Å²) < 4.78 is 0. The molecule has 1 heterocycles. The van der Waals surface area contributed by atoms with Crippen molar-refractivity contribution in [2.24, 2.45) is 0 Å². The lowest BCUT2D eigenvalue weighted by molar-refractivity contribution is -0.142. The van der Waals surface area contributed by atoms with Crippen molar-refractivity contribution in [2.45, 2.75) is 31.7 Å². The molecule has 3 N–H and O–H groups in total. The summed E-state index contributed by atoms with van der Waals surface area (Å²) in [5.41, 5.74) is 2.84. The first-order valence-corrected chi connectivity index (χ1v) is 5.05. The molecule has 0 amide bonds. The molecular formula is C9H16N2O4. The number of carboxylic acids is 2. The first-order valence-electron chi connectivity index (χ1n) is 5.05. The zero-order valence-corrected chi connectivity index (χ0v) is 8.48. The maximum Gasteiger partial charge on any atom is 0.322 e. The van der Waals surface area contributed by atoms with Gasteiger partial charge in [0.2, 0.25) is 0 Å². The first kappa shape index (κ1) is 11.9. The van der Waals surface area contributed by atoms with Gasteiger partial charge in [-0.15, -0.1) is 0 Å². The second kappa shape index (κ2) is 5.67. The lowest BCUT2D eigenvalue weighted by Gasteiger charge is -2.21. The van der Waals surface area contributed by atoms with E-state index in [1.807, 2.05) is 5.01 Å². The van der Waals surface area contributed by atoms with E-state index in [4.69, 9.17) is 10.2 Å². The molecule has 1 saturated heterocycles. The van der Waals surface area contributed by atoms with Gasteiger partial charge in [-0.25, -0.2) is 10.4 Å². The minimum Gasteiger partial charge on any atom is -0.481 e. The van der Waals surface area contributed by atoms with Gasteiger partial charge in [-0.05, 0) is 19.3 Å². The topological polar surface area (TPSA) is 89.9 Å². The molecule has 0 bridgehead atoms. The lowest BCUT2D eigenvalue weighted by atomic mass is 10.2. The number of hydrogen-bond donors (Lipinski definition) is 3. The minimum absolute atomic E-state index is 0.112. The largest absolute Gasteiger partial charge is 0.481 e. The summed E-state index contributed by atoms with van der Waals surface area (Å²) in [6, 6.07) is -0.792. The van der Waals surface area contributed by atoms with Gasteiger partial charge in [0.05, 0.1) is 0 Å². The zero-order valence-electron chi connectivity index (χ0n) is 8.48. The van der Waals surface area contributed by atoms with Crippen molar-refractivity contribution in [2.75, 3.05) is 13.1 Å². The van der Waals surface area contributed by atoms with E-state index in [1.54, 1.807) is 0 Å². The van der Waals surface area contributed by atoms with Crippen molar-refractivity contribution in [3.05, 3.63) is 0 Å². The fraction of sp³-hybridized carbons (Fsp3) is 0.778. The van der Waals surface area contributed by atoms with Crippen LogP contribution in [0.25, 0.3) is 0 Å². The normalized spacial score (nSPS) is 18.9. The zero-order chi connectivity index (χ0) is 11.3. The van der Waals surface area contributed by atoms with Crippen LogP contribution in [0.5, 0.6) is 0 Å². The second-order valence-corrected chi connectivity index (χ2v) is 3.65. The van der Waals surface area contributed by atoms with Crippen molar-refractivity contribution in [1.82, 2.24) is 10.4 Å². The molecule has 0 aromatic carbocycles. The van der Waals surface area contributed by atoms with Crippen molar-refractivity contribution >= 4 is 11.9 Å². The van der Waals surface area contributed by atoms with Crippen molar-refractivity contribution in [3.8, 4) is 0 Å². The Morgan fingerprint density at radius 1 is 1.27 bits per heavy atom. The second-order valence-electron chi connectivity index (χ2n) is 3.65. The predicted octanol–water partition coefficient (Wildman–Crippen LogP) is -0.0952. The highest BCUT2D eigenvalue weighted by molar-refractivity contribution is 5.74. The fourth-order valence-corrected chi connectivity index (χ4v) is 1.58. The molecule has 0 aromatic rings. The molecule has 0 aliphatic carbocycles. The Bertz CT molecular complexity index is 238. The summed E-state index contributed by atoms with van der Waals surface area (Å²) in [5, 5.41) is 19.2. The van der Waals surface area contributed by atoms with E-state index in [0.717, 1.165) is 25.9 Å². The molecule has 0 aromatic heterocycles. The smallest absolute Gasteiger partial charge is 0.322 e. The average molecular weight is 216 g/mol. The van der Waals surface area contributed by atoms with E-state index in [9.17, 15) is 9.59 Å². The van der Waals surface area contributed by atoms with Crippen LogP contribution in [0.4, 0.5) is 0 Å². The number of carboxylic acid groups (broad SMARTS) is 2. The van der Waals surface area contributed by atoms with Gasteiger partial charge in [0.25, 0.3) is 0 Å². The van der Waals surface area contributed by atoms with Crippen LogP contribution in [0.2, 0.25) is 0 Å². The molecule has 0 spiro atoms. The maximum absolute atomic E-state index is 10.8. The molecule has 6 nitrogen and oxygen atoms in total. The van der Waals surface area contributed by atoms with Gasteiger partial charge in [0.1, 0.15) is 6.04 Å². The summed E-state index contributed by atoms with van der Waals surface area (Å²) in [6.07, 6.45) is 2.09. The van der Waals surface area contributed by atoms with Crippen LogP contribution >= 0.6 is 0 Å². The summed E-state index contributed by atoms with van der Waals surface area (Å²) >= 11 is 0. The average Bonchev–Trinajstić information content (AvgIpc) is 2.63. The third-order valence-corrected chi connectivity index (χ3v) is 2.39. The van der Waals surface area contributed by atoms with Crippen LogP contribution in [0.3, 0.4) is 0 Å². The summed E-state index contributed by atoms with van der Waals surface area (Å²) in [6.45, 7) is 1.66. The highest BCUT2D eigenvalue weighted by Gasteiger charge is 2.22. The molecule has 1 fully saturated rings. The van der Waals surface area contributed by atoms with Gasteiger partial charge < -0.3 is 10.2 Å². The third-order valence-electron chi connectivity index (χ3n) is 2.39. The minimum atomic E-state index is -0.997. The van der Waals surface area contributed by atoms with Gasteiger partial charge in [-0.1, -0.05) is 0 Å². The van der Waals surface area contributed by atoms with Gasteiger partial charge in [-0.3, -0.25) is 9.59 Å². The van der Waals surface area contributed by atoms with Gasteiger partial charge in [-0.2, -0.15) is 0 Å². The van der Waals surface area contributed by atoms with Gasteiger partial charge in [0, 0.05) is 19.5 Å². The predicted molar refractivity (Wildman–Crippen MR) is 52.2 cm³/mol. The van der Waals surface area contributed by atoms with E-state index in [-0.39, 0.29) is 12.8 Å². The molecule has 1 aliphatic rings. The monoisotopic (exact) mass is 216 g/mol. The summed E-state index contributed by atoms with van der Waals surface area (Å²) in [7, 11) is 0. The van der Waals surface area contributed by atoms with Crippen LogP contribution in [0.15, 0.2) is 0 Å². The summed E-state index contributed by atoms with van der Waals surface area (Å²) in [5.74, 6) is -1.97. The van der Waals surface area contributed by atoms with Gasteiger partial charge in [0.15, 0.2) is 0 Å². The van der Waals surface area contributed by atoms with Crippen LogP contribution in [0.1, 0.15) is 25.7 Å². The SMILES string of the molecule is O=C(O)CC[C@H](NN1CCCC1)C(=O)O. The van der Waals surface area contributed by atoms with Crippen molar-refractivity contribution in [3.63, 3.8) is 0 Å². The van der Waals surface area contributed by atoms with E-state index in [1.165, 1.54) is 0 Å². The highest BCUT2D eigenvalue weighted by atomic mass is 16.4. The molecule has 6 heteroatoms. The number of nitrogens with zero attached hydrogens (tertiary/aromatic N) is 1. The molecule has 15 heavy (non-hydrogen) atoms. The molecule has 0 unspecified atom stereocenters. The molecule has 1 rings (SSSR count). The molecule has 0 saturated carbocycles. The number of rotatable bonds is 6. The molecule has 1 atom stereocenters. The number of aliphatic carboxylic acids is 2. The Morgan fingerprint density at radius 3 is 2.33 bits per heavy atom. The Labute approximate surface area is 87.8 Å². The molecule has 86 valence electrons. The lowest BCUT2D eigenvalue weighted by Crippen LogP contribution is -2.47. The number of hydrazine groups is 1. The number of hydrogen-bond acceptors (Lipinski definition) is 4. The van der Waals surface area contributed by atoms with E-state index >= 15 is 0 Å². The third kappa shape index (κ3) is 4.26. The van der Waals surface area contributed by atoms with E-state index in [0.29, 0.717) is 0 Å². The Morgan fingerprint density at radius 2 is 1.87 bits per heavy atom. The van der Waals surface area contributed by atoms with Crippen LogP contribution < -0.4 is 5.43 Å². The summed E-state index contributed by atoms with van der Waals surface area (Å²) in [4.78, 5) is 21.1. The maximum atomic E-state index is 10.8. The Balaban J connectivity index is 2.35. The quantitative estimate of drug-likeness (QED) is 0.574. The van der Waals surface area contributed by atoms with E-state index in [2.05, 4.69) is 5.43 Å². The molecular weight excluding hydrogens is 200 g/mol. The Hall–Kier alpha value is -1.14. The standard InChI is InChI=1S/C9H16N2O4/c12-8(13)4-3-7(9(14)15)10-11-5-1-2-6-11/h7,10H,1-6H2,(H,12,13)(H,14,15)/t7-/m0/s1. The van der Waals surface area contributed by atoms with Crippen molar-refractivity contribution in [1.29, 1.82) is 0 Å². The highest BCUT2D eigenvalue weighted by Crippen LogP contribution is 2.07. The fourth-order valence-electron chi connectivity index (χ4n) is 1.58. The van der Waals surface area contributed by atoms with Crippen molar-refractivity contribution < 1.29 is 19.8 Å². The number of nitrogens with one attached hydrogen (secondary N) is 1. The first-order chi connectivity index (χ1) is 7.09. The number of carbonyl (C=O) groups is 2. The Kier molecular flexibility index (Phi) is 4.51. The molecule has 1 aliphatic heterocycles. The van der Waals surface area contributed by atoms with Crippen LogP contribution in [0, 0.1) is 0 Å². The molecule has 0 radical (unpaired) electrons. The van der Waals surface area contributed by atoms with E-state index < -0.39 is 18.0 Å². The van der Waals surface area contributed by atoms with Gasteiger partial charge >= 0.3 is 11.9 Å². The van der Waals surface area contributed by atoms with Crippen LogP contribution in [-0.2, 0) is 9.59 Å².